The van der Waals surface area contributed by atoms with E-state index in [1.807, 2.05) is 48.5 Å². The molecule has 1 N–H and O–H groups in total. The van der Waals surface area contributed by atoms with Gasteiger partial charge in [-0.15, -0.1) is 0 Å². The average Bonchev–Trinajstić information content (AvgIpc) is 3.20. The zero-order chi connectivity index (χ0) is 17.8. The molecule has 26 heavy (non-hydrogen) atoms. The lowest BCUT2D eigenvalue weighted by Gasteiger charge is -2.33. The third-order valence-corrected chi connectivity index (χ3v) is 5.09. The van der Waals surface area contributed by atoms with Crippen molar-refractivity contribution in [1.82, 2.24) is 10.1 Å². The summed E-state index contributed by atoms with van der Waals surface area (Å²) < 4.78 is 5.45. The zero-order valence-electron chi connectivity index (χ0n) is 14.7. The Balaban J connectivity index is 1.34. The number of rotatable bonds is 5. The van der Waals surface area contributed by atoms with Crippen LogP contribution in [0, 0.1) is 5.92 Å². The fraction of sp³-hybridized carbons (Fsp3) is 0.333. The van der Waals surface area contributed by atoms with Gasteiger partial charge in [-0.05, 0) is 30.7 Å². The molecule has 5 nitrogen and oxygen atoms in total. The quantitative estimate of drug-likeness (QED) is 0.763. The molecule has 4 rings (SSSR count). The second-order valence-electron chi connectivity index (χ2n) is 6.85. The van der Waals surface area contributed by atoms with Crippen LogP contribution >= 0.6 is 0 Å². The minimum atomic E-state index is -0.304. The molecular formula is C21H23N3O2. The maximum atomic E-state index is 10.6. The van der Waals surface area contributed by atoms with Crippen molar-refractivity contribution in [3.8, 4) is 11.4 Å². The van der Waals surface area contributed by atoms with Crippen LogP contribution in [0.15, 0.2) is 65.2 Å². The molecule has 1 fully saturated rings. The highest BCUT2D eigenvalue weighted by Gasteiger charge is 2.27. The monoisotopic (exact) mass is 349 g/mol. The van der Waals surface area contributed by atoms with Crippen molar-refractivity contribution >= 4 is 6.01 Å². The van der Waals surface area contributed by atoms with Gasteiger partial charge in [-0.3, -0.25) is 0 Å². The highest BCUT2D eigenvalue weighted by Crippen LogP contribution is 2.27. The van der Waals surface area contributed by atoms with Gasteiger partial charge in [0.25, 0.3) is 0 Å². The molecule has 0 radical (unpaired) electrons. The van der Waals surface area contributed by atoms with E-state index in [-0.39, 0.29) is 6.10 Å². The van der Waals surface area contributed by atoms with Crippen molar-refractivity contribution in [2.24, 2.45) is 5.92 Å². The summed E-state index contributed by atoms with van der Waals surface area (Å²) in [5, 5.41) is 14.7. The Morgan fingerprint density at radius 1 is 1.00 bits per heavy atom. The Morgan fingerprint density at radius 3 is 2.35 bits per heavy atom. The Morgan fingerprint density at radius 2 is 1.65 bits per heavy atom. The van der Waals surface area contributed by atoms with Gasteiger partial charge in [0.05, 0.1) is 6.10 Å². The summed E-state index contributed by atoms with van der Waals surface area (Å²) in [5.41, 5.74) is 2.14. The third kappa shape index (κ3) is 3.78. The third-order valence-electron chi connectivity index (χ3n) is 5.09. The highest BCUT2D eigenvalue weighted by molar-refractivity contribution is 5.55. The summed E-state index contributed by atoms with van der Waals surface area (Å²) in [6.07, 6.45) is 2.26. The number of aliphatic hydroxyl groups excluding tert-OH is 1. The van der Waals surface area contributed by atoms with Crippen LogP contribution in [0.1, 0.15) is 18.4 Å². The largest absolute Gasteiger partial charge is 0.392 e. The number of hydrogen-bond donors (Lipinski definition) is 1. The number of benzene rings is 2. The van der Waals surface area contributed by atoms with Gasteiger partial charge < -0.3 is 14.5 Å². The SMILES string of the molecule is OC(Cc1ccccc1)C1CCN(c2nc(-c3ccccc3)no2)CC1. The molecular weight excluding hydrogens is 326 g/mol. The predicted molar refractivity (Wildman–Crippen MR) is 101 cm³/mol. The molecule has 3 aromatic rings. The van der Waals surface area contributed by atoms with E-state index in [9.17, 15) is 5.11 Å². The molecule has 1 saturated heterocycles. The van der Waals surface area contributed by atoms with Crippen molar-refractivity contribution in [1.29, 1.82) is 0 Å². The first-order valence-corrected chi connectivity index (χ1v) is 9.15. The van der Waals surface area contributed by atoms with E-state index in [1.165, 1.54) is 5.56 Å². The maximum absolute atomic E-state index is 10.6. The molecule has 0 spiro atoms. The fourth-order valence-electron chi connectivity index (χ4n) is 3.55. The normalized spacial score (nSPS) is 16.6. The molecule has 1 atom stereocenters. The van der Waals surface area contributed by atoms with Crippen LogP contribution in [-0.4, -0.2) is 34.4 Å². The fourth-order valence-corrected chi connectivity index (χ4v) is 3.55. The number of hydrogen-bond acceptors (Lipinski definition) is 5. The van der Waals surface area contributed by atoms with Crippen molar-refractivity contribution in [3.05, 3.63) is 66.2 Å². The van der Waals surface area contributed by atoms with E-state index in [2.05, 4.69) is 27.2 Å². The Labute approximate surface area is 153 Å². The molecule has 0 aliphatic carbocycles. The summed E-state index contributed by atoms with van der Waals surface area (Å²) in [6, 6.07) is 20.6. The van der Waals surface area contributed by atoms with Crippen molar-refractivity contribution < 1.29 is 9.63 Å². The molecule has 2 aromatic carbocycles. The Hall–Kier alpha value is -2.66. The minimum absolute atomic E-state index is 0.304. The van der Waals surface area contributed by atoms with Gasteiger partial charge in [-0.25, -0.2) is 0 Å². The number of aliphatic hydroxyl groups is 1. The Bertz CT molecular complexity index is 812. The van der Waals surface area contributed by atoms with E-state index in [0.717, 1.165) is 31.5 Å². The van der Waals surface area contributed by atoms with Gasteiger partial charge in [-0.1, -0.05) is 65.8 Å². The van der Waals surface area contributed by atoms with Gasteiger partial charge in [0.15, 0.2) is 0 Å². The first-order chi connectivity index (χ1) is 12.8. The molecule has 134 valence electrons. The van der Waals surface area contributed by atoms with E-state index in [0.29, 0.717) is 24.2 Å². The molecule has 0 amide bonds. The standard InChI is InChI=1S/C21H23N3O2/c25-19(15-16-7-3-1-4-8-16)17-11-13-24(14-12-17)21-22-20(23-26-21)18-9-5-2-6-10-18/h1-10,17,19,25H,11-15H2. The van der Waals surface area contributed by atoms with Crippen molar-refractivity contribution in [2.45, 2.75) is 25.4 Å². The first kappa shape index (κ1) is 16.8. The van der Waals surface area contributed by atoms with Gasteiger partial charge >= 0.3 is 6.01 Å². The molecule has 1 aliphatic rings. The number of piperidine rings is 1. The second kappa shape index (κ2) is 7.70. The summed E-state index contributed by atoms with van der Waals surface area (Å²) in [4.78, 5) is 6.64. The first-order valence-electron chi connectivity index (χ1n) is 9.15. The van der Waals surface area contributed by atoms with E-state index >= 15 is 0 Å². The molecule has 1 unspecified atom stereocenters. The van der Waals surface area contributed by atoms with Crippen LogP contribution < -0.4 is 4.90 Å². The van der Waals surface area contributed by atoms with Crippen LogP contribution in [0.25, 0.3) is 11.4 Å². The van der Waals surface area contributed by atoms with Gasteiger partial charge in [0.1, 0.15) is 0 Å². The predicted octanol–water partition coefficient (Wildman–Crippen LogP) is 3.56. The summed E-state index contributed by atoms with van der Waals surface area (Å²) >= 11 is 0. The van der Waals surface area contributed by atoms with Crippen LogP contribution in [0.2, 0.25) is 0 Å². The van der Waals surface area contributed by atoms with Crippen LogP contribution in [0.5, 0.6) is 0 Å². The van der Waals surface area contributed by atoms with Crippen LogP contribution in [0.3, 0.4) is 0 Å². The van der Waals surface area contributed by atoms with Crippen LogP contribution in [-0.2, 0) is 6.42 Å². The van der Waals surface area contributed by atoms with E-state index in [4.69, 9.17) is 4.52 Å². The topological polar surface area (TPSA) is 62.4 Å². The molecule has 1 aliphatic heterocycles. The molecule has 1 aromatic heterocycles. The van der Waals surface area contributed by atoms with Crippen molar-refractivity contribution in [2.75, 3.05) is 18.0 Å². The average molecular weight is 349 g/mol. The smallest absolute Gasteiger partial charge is 0.324 e. The molecule has 2 heterocycles. The summed E-state index contributed by atoms with van der Waals surface area (Å²) in [6.45, 7) is 1.65. The Kier molecular flexibility index (Phi) is 4.97. The van der Waals surface area contributed by atoms with E-state index in [1.54, 1.807) is 0 Å². The zero-order valence-corrected chi connectivity index (χ0v) is 14.7. The molecule has 0 saturated carbocycles. The number of anilines is 1. The lowest BCUT2D eigenvalue weighted by molar-refractivity contribution is 0.0921. The second-order valence-corrected chi connectivity index (χ2v) is 6.85. The van der Waals surface area contributed by atoms with Gasteiger partial charge in [0, 0.05) is 18.7 Å². The molecule has 5 heteroatoms. The lowest BCUT2D eigenvalue weighted by atomic mass is 9.88. The lowest BCUT2D eigenvalue weighted by Crippen LogP contribution is -2.38. The van der Waals surface area contributed by atoms with Crippen LogP contribution in [0.4, 0.5) is 6.01 Å². The highest BCUT2D eigenvalue weighted by atomic mass is 16.5. The maximum Gasteiger partial charge on any atom is 0.324 e. The molecule has 0 bridgehead atoms. The number of aromatic nitrogens is 2. The minimum Gasteiger partial charge on any atom is -0.392 e. The number of nitrogens with zero attached hydrogens (tertiary/aromatic N) is 3. The van der Waals surface area contributed by atoms with E-state index < -0.39 is 0 Å². The summed E-state index contributed by atoms with van der Waals surface area (Å²) in [7, 11) is 0. The van der Waals surface area contributed by atoms with Crippen molar-refractivity contribution in [3.63, 3.8) is 0 Å². The van der Waals surface area contributed by atoms with Gasteiger partial charge in [-0.2, -0.15) is 4.98 Å². The van der Waals surface area contributed by atoms with Gasteiger partial charge in [0.2, 0.25) is 5.82 Å². The summed E-state index contributed by atoms with van der Waals surface area (Å²) in [5.74, 6) is 0.926.